The van der Waals surface area contributed by atoms with Crippen LogP contribution < -0.4 is 10.2 Å². The maximum Gasteiger partial charge on any atom is 0.264 e. The molecule has 0 radical (unpaired) electrons. The third-order valence-electron chi connectivity index (χ3n) is 10.1. The van der Waals surface area contributed by atoms with Gasteiger partial charge in [0.05, 0.1) is 37.4 Å². The first-order chi connectivity index (χ1) is 22.3. The molecule has 11 heteroatoms. The van der Waals surface area contributed by atoms with Crippen molar-refractivity contribution in [1.82, 2.24) is 4.90 Å². The van der Waals surface area contributed by atoms with Gasteiger partial charge in [-0.1, -0.05) is 61.5 Å². The summed E-state index contributed by atoms with van der Waals surface area (Å²) in [6.45, 7) is 7.41. The summed E-state index contributed by atoms with van der Waals surface area (Å²) in [6.07, 6.45) is -1.35. The molecule has 3 amide bonds. The van der Waals surface area contributed by atoms with Crippen LogP contribution >= 0.6 is 0 Å². The second-order valence-corrected chi connectivity index (χ2v) is 17.6. The van der Waals surface area contributed by atoms with Crippen molar-refractivity contribution in [2.24, 2.45) is 5.92 Å². The molecule has 3 aromatic carbocycles. The molecule has 3 aliphatic rings. The summed E-state index contributed by atoms with van der Waals surface area (Å²) in [5, 5.41) is 22.5. The van der Waals surface area contributed by atoms with Crippen molar-refractivity contribution in [3.8, 4) is 0 Å². The molecule has 0 bridgehead atoms. The van der Waals surface area contributed by atoms with Crippen molar-refractivity contribution in [1.29, 1.82) is 0 Å². The predicted molar refractivity (Wildman–Crippen MR) is 180 cm³/mol. The van der Waals surface area contributed by atoms with Crippen LogP contribution in [0.5, 0.6) is 0 Å². The first kappa shape index (κ1) is 33.0. The zero-order valence-corrected chi connectivity index (χ0v) is 28.2. The number of amides is 3. The number of hydrogen-bond acceptors (Lipinski definition) is 7. The van der Waals surface area contributed by atoms with Crippen molar-refractivity contribution in [3.05, 3.63) is 95.1 Å². The van der Waals surface area contributed by atoms with Crippen LogP contribution in [0.15, 0.2) is 72.8 Å². The van der Waals surface area contributed by atoms with E-state index in [0.29, 0.717) is 29.9 Å². The number of aliphatic hydroxyl groups excluding tert-OH is 2. The highest BCUT2D eigenvalue weighted by atomic mass is 28.4. The van der Waals surface area contributed by atoms with Crippen LogP contribution in [0, 0.1) is 5.92 Å². The summed E-state index contributed by atoms with van der Waals surface area (Å²) in [5.41, 5.74) is 3.00. The number of anilines is 2. The maximum absolute atomic E-state index is 14.7. The van der Waals surface area contributed by atoms with Crippen molar-refractivity contribution in [2.45, 2.75) is 82.3 Å². The number of rotatable bonds is 8. The summed E-state index contributed by atoms with van der Waals surface area (Å²) in [7, 11) is -3.00. The van der Waals surface area contributed by atoms with E-state index >= 15 is 0 Å². The number of fused-ring (bicyclic) bond motifs is 3. The number of carbonyl (C=O) groups excluding carboxylic acids is 3. The van der Waals surface area contributed by atoms with Crippen molar-refractivity contribution < 1.29 is 34.1 Å². The normalized spacial score (nSPS) is 25.9. The van der Waals surface area contributed by atoms with E-state index in [0.717, 1.165) is 16.7 Å². The highest BCUT2D eigenvalue weighted by Crippen LogP contribution is 2.59. The molecule has 10 nitrogen and oxygen atoms in total. The summed E-state index contributed by atoms with van der Waals surface area (Å²) in [6, 6.07) is 22.2. The van der Waals surface area contributed by atoms with Gasteiger partial charge in [-0.3, -0.25) is 14.4 Å². The van der Waals surface area contributed by atoms with Crippen LogP contribution in [0.3, 0.4) is 0 Å². The highest BCUT2D eigenvalue weighted by Gasteiger charge is 2.66. The molecule has 3 aliphatic heterocycles. The van der Waals surface area contributed by atoms with Gasteiger partial charge in [0.1, 0.15) is 6.10 Å². The predicted octanol–water partition coefficient (Wildman–Crippen LogP) is 3.69. The Balaban J connectivity index is 1.31. The largest absolute Gasteiger partial charge is 0.432 e. The van der Waals surface area contributed by atoms with Gasteiger partial charge in [0.15, 0.2) is 13.9 Å². The Bertz CT molecular complexity index is 1690. The van der Waals surface area contributed by atoms with E-state index in [2.05, 4.69) is 5.32 Å². The fraction of sp³-hybridized carbons (Fsp3) is 0.417. The van der Waals surface area contributed by atoms with E-state index in [1.807, 2.05) is 74.6 Å². The standard InChI is InChI=1S/C36H43N3O7Si/c1-22-33(47(3,4)45)31(18-32(42)38-20-26-12-6-5-11-25(26)17-28(38)21-40)46-36(22)29-14-7-8-15-30(29)39(35(36)44)19-24-10-9-13-27(16-24)37-34(43)23(2)41/h5-16,22-23,28,31,33,40-41,45H,17-21H2,1-4H3,(H,37,43)/t22-,23-,28-,31+,33-,36+/m0/s1. The Morgan fingerprint density at radius 1 is 1.06 bits per heavy atom. The molecule has 0 saturated carbocycles. The van der Waals surface area contributed by atoms with Crippen LogP contribution in [0.1, 0.15) is 42.5 Å². The van der Waals surface area contributed by atoms with E-state index in [9.17, 15) is 29.4 Å². The van der Waals surface area contributed by atoms with Crippen LogP contribution in [0.4, 0.5) is 11.4 Å². The average molecular weight is 658 g/mol. The molecular formula is C36H43N3O7Si. The number of benzene rings is 3. The molecule has 3 aromatic rings. The Morgan fingerprint density at radius 2 is 1.77 bits per heavy atom. The topological polar surface area (TPSA) is 140 Å². The number of nitrogens with zero attached hydrogens (tertiary/aromatic N) is 2. The van der Waals surface area contributed by atoms with Gasteiger partial charge in [-0.25, -0.2) is 0 Å². The number of ether oxygens (including phenoxy) is 1. The van der Waals surface area contributed by atoms with Crippen molar-refractivity contribution in [2.75, 3.05) is 16.8 Å². The number of nitrogens with one attached hydrogen (secondary N) is 1. The molecule has 6 atom stereocenters. The molecule has 1 saturated heterocycles. The van der Waals surface area contributed by atoms with Crippen molar-refractivity contribution in [3.63, 3.8) is 0 Å². The SMILES string of the molecule is C[C@H](O)C(=O)Nc1cccc(CN2C(=O)[C@]3(O[C@H](CC(=O)N4Cc5ccccc5C[C@H]4CO)[C@@H]([Si](C)(C)O)[C@@H]3C)c3ccccc32)c1. The van der Waals surface area contributed by atoms with Gasteiger partial charge in [0.25, 0.3) is 11.8 Å². The zero-order valence-electron chi connectivity index (χ0n) is 27.2. The second-order valence-electron chi connectivity index (χ2n) is 13.7. The van der Waals surface area contributed by atoms with Gasteiger partial charge in [0, 0.05) is 29.3 Å². The van der Waals surface area contributed by atoms with E-state index in [4.69, 9.17) is 4.74 Å². The molecule has 3 heterocycles. The average Bonchev–Trinajstić information content (AvgIpc) is 3.46. The van der Waals surface area contributed by atoms with Crippen LogP contribution in [0.2, 0.25) is 18.6 Å². The molecule has 248 valence electrons. The van der Waals surface area contributed by atoms with E-state index in [1.165, 1.54) is 6.92 Å². The number of carbonyl (C=O) groups is 3. The minimum Gasteiger partial charge on any atom is -0.432 e. The first-order valence-electron chi connectivity index (χ1n) is 16.2. The fourth-order valence-electron chi connectivity index (χ4n) is 7.90. The fourth-order valence-corrected chi connectivity index (χ4v) is 10.5. The lowest BCUT2D eigenvalue weighted by Crippen LogP contribution is -2.48. The summed E-state index contributed by atoms with van der Waals surface area (Å²) < 4.78 is 6.86. The highest BCUT2D eigenvalue weighted by molar-refractivity contribution is 6.71. The second kappa shape index (κ2) is 12.6. The molecule has 0 aliphatic carbocycles. The molecule has 0 aromatic heterocycles. The zero-order chi connectivity index (χ0) is 33.7. The number of aliphatic hydroxyl groups is 2. The van der Waals surface area contributed by atoms with E-state index in [-0.39, 0.29) is 37.4 Å². The lowest BCUT2D eigenvalue weighted by atomic mass is 9.82. The van der Waals surface area contributed by atoms with Gasteiger partial charge >= 0.3 is 0 Å². The monoisotopic (exact) mass is 657 g/mol. The van der Waals surface area contributed by atoms with Crippen molar-refractivity contribution >= 4 is 37.4 Å². The van der Waals surface area contributed by atoms with Gasteiger partial charge in [0.2, 0.25) is 5.91 Å². The lowest BCUT2D eigenvalue weighted by Gasteiger charge is -2.37. The molecule has 4 N–H and O–H groups in total. The Kier molecular flexibility index (Phi) is 8.88. The minimum absolute atomic E-state index is 0.0209. The van der Waals surface area contributed by atoms with E-state index < -0.39 is 43.5 Å². The molecule has 6 rings (SSSR count). The summed E-state index contributed by atoms with van der Waals surface area (Å²) >= 11 is 0. The van der Waals surface area contributed by atoms with Gasteiger partial charge in [-0.2, -0.15) is 0 Å². The molecule has 1 spiro atoms. The number of para-hydroxylation sites is 1. The third kappa shape index (κ3) is 5.91. The molecule has 47 heavy (non-hydrogen) atoms. The van der Waals surface area contributed by atoms with E-state index in [1.54, 1.807) is 28.0 Å². The van der Waals surface area contributed by atoms with Crippen LogP contribution in [0.25, 0.3) is 0 Å². The van der Waals surface area contributed by atoms with Gasteiger partial charge in [-0.15, -0.1) is 0 Å². The maximum atomic E-state index is 14.7. The summed E-state index contributed by atoms with van der Waals surface area (Å²) in [4.78, 5) is 55.9. The number of hydrogen-bond donors (Lipinski definition) is 4. The smallest absolute Gasteiger partial charge is 0.264 e. The Morgan fingerprint density at radius 3 is 2.47 bits per heavy atom. The van der Waals surface area contributed by atoms with Crippen LogP contribution in [-0.2, 0) is 44.2 Å². The Labute approximate surface area is 276 Å². The van der Waals surface area contributed by atoms with Crippen LogP contribution in [-0.4, -0.2) is 70.8 Å². The molecular weight excluding hydrogens is 614 g/mol. The van der Waals surface area contributed by atoms with Gasteiger partial charge in [-0.05, 0) is 61.3 Å². The van der Waals surface area contributed by atoms with Gasteiger partial charge < -0.3 is 34.9 Å². The minimum atomic E-state index is -3.00. The Hall–Kier alpha value is -3.87. The lowest BCUT2D eigenvalue weighted by molar-refractivity contribution is -0.151. The molecule has 0 unspecified atom stereocenters. The third-order valence-corrected chi connectivity index (χ3v) is 12.6. The summed E-state index contributed by atoms with van der Waals surface area (Å²) in [5.74, 6) is -1.40. The first-order valence-corrected chi connectivity index (χ1v) is 19.2. The molecule has 1 fully saturated rings. The quantitative estimate of drug-likeness (QED) is 0.271.